The molecule has 2 saturated heterocycles. The van der Waals surface area contributed by atoms with Crippen LogP contribution >= 0.6 is 11.8 Å². The molecule has 1 aromatic rings. The molecule has 8 atom stereocenters. The van der Waals surface area contributed by atoms with Crippen molar-refractivity contribution in [3.63, 3.8) is 0 Å². The molecule has 4 rings (SSSR count). The van der Waals surface area contributed by atoms with E-state index in [1.165, 1.54) is 30.2 Å². The molecule has 0 bridgehead atoms. The van der Waals surface area contributed by atoms with Gasteiger partial charge in [0, 0.05) is 23.8 Å². The molecule has 10 heteroatoms. The molecule has 5 unspecified atom stereocenters. The number of benzene rings is 1. The maximum absolute atomic E-state index is 11.4. The Morgan fingerprint density at radius 2 is 2.00 bits per heavy atom. The predicted octanol–water partition coefficient (Wildman–Crippen LogP) is 0.897. The molecule has 0 saturated carbocycles. The lowest BCUT2D eigenvalue weighted by molar-refractivity contribution is -0.209. The molecule has 3 aliphatic rings. The Balaban J connectivity index is 1.45. The van der Waals surface area contributed by atoms with Gasteiger partial charge in [-0.2, -0.15) is 0 Å². The van der Waals surface area contributed by atoms with Crippen LogP contribution in [0.2, 0.25) is 0 Å². The van der Waals surface area contributed by atoms with Crippen molar-refractivity contribution in [2.45, 2.75) is 74.6 Å². The number of methoxy groups -OCH3 is 1. The number of piperidine rings is 1. The fraction of sp³-hybridized carbons (Fsp3) is 0.708. The van der Waals surface area contributed by atoms with E-state index in [1.54, 1.807) is 7.11 Å². The summed E-state index contributed by atoms with van der Waals surface area (Å²) in [6.45, 7) is 3.41. The number of ether oxygens (including phenoxy) is 3. The van der Waals surface area contributed by atoms with Crippen molar-refractivity contribution in [2.75, 3.05) is 26.5 Å². The number of likely N-dealkylation sites (tertiary alicyclic amines) is 1. The number of carboxylic acids is 1. The summed E-state index contributed by atoms with van der Waals surface area (Å²) in [4.78, 5) is 13.8. The van der Waals surface area contributed by atoms with Crippen molar-refractivity contribution in [2.24, 2.45) is 5.92 Å². The molecular formula is C24H35NO8S. The Hall–Kier alpha value is -1.56. The third-order valence-electron chi connectivity index (χ3n) is 7.34. The number of aliphatic carboxylic acids is 1. The number of rotatable bonds is 7. The van der Waals surface area contributed by atoms with Gasteiger partial charge in [-0.1, -0.05) is 13.0 Å². The number of aliphatic hydroxyl groups is 3. The van der Waals surface area contributed by atoms with Crippen LogP contribution < -0.4 is 9.47 Å². The number of aliphatic hydroxyl groups excluding tert-OH is 3. The predicted molar refractivity (Wildman–Crippen MR) is 126 cm³/mol. The van der Waals surface area contributed by atoms with E-state index in [-0.39, 0.29) is 6.10 Å². The Morgan fingerprint density at radius 3 is 2.68 bits per heavy atom. The van der Waals surface area contributed by atoms with Crippen molar-refractivity contribution in [3.8, 4) is 11.5 Å². The molecule has 4 N–H and O–H groups in total. The van der Waals surface area contributed by atoms with E-state index in [4.69, 9.17) is 14.2 Å². The maximum atomic E-state index is 11.4. The monoisotopic (exact) mass is 497 g/mol. The van der Waals surface area contributed by atoms with Crippen molar-refractivity contribution in [3.05, 3.63) is 23.3 Å². The molecule has 0 aromatic heterocycles. The van der Waals surface area contributed by atoms with Crippen molar-refractivity contribution < 1.29 is 39.4 Å². The summed E-state index contributed by atoms with van der Waals surface area (Å²) in [5.74, 6) is 1.05. The van der Waals surface area contributed by atoms with Gasteiger partial charge in [-0.3, -0.25) is 0 Å². The van der Waals surface area contributed by atoms with Crippen molar-refractivity contribution in [1.29, 1.82) is 0 Å². The van der Waals surface area contributed by atoms with Crippen LogP contribution in [0.3, 0.4) is 0 Å². The number of hydrogen-bond donors (Lipinski definition) is 4. The highest BCUT2D eigenvalue weighted by molar-refractivity contribution is 7.99. The second-order valence-corrected chi connectivity index (χ2v) is 10.7. The van der Waals surface area contributed by atoms with E-state index < -0.39 is 35.8 Å². The summed E-state index contributed by atoms with van der Waals surface area (Å²) in [5, 5.41) is 39.5. The summed E-state index contributed by atoms with van der Waals surface area (Å²) >= 11 is 1.18. The molecule has 0 spiro atoms. The van der Waals surface area contributed by atoms with Gasteiger partial charge in [-0.05, 0) is 50.4 Å². The first-order chi connectivity index (χ1) is 16.2. The van der Waals surface area contributed by atoms with Crippen molar-refractivity contribution >= 4 is 17.7 Å². The van der Waals surface area contributed by atoms with Crippen LogP contribution in [0.25, 0.3) is 0 Å². The van der Waals surface area contributed by atoms with E-state index in [1.807, 2.05) is 6.07 Å². The van der Waals surface area contributed by atoms with E-state index in [9.17, 15) is 25.2 Å². The standard InChI is InChI=1S/C24H35NO8S/c1-12-5-4-8-25(2)16(12)9-13-6-7-17(31-3)21-15(13)10-14(32-21)11-34-24-20(28)18(26)19(27)22(33-24)23(29)30/h6-7,12,14,16,18-20,22,24,26-28H,4-5,8-11H2,1-3H3,(H,29,30)/t12?,14?,16?,18-,19?,20?,22-,24-/m0/s1. The lowest BCUT2D eigenvalue weighted by Crippen LogP contribution is -2.59. The SMILES string of the molecule is COc1ccc(CC2C(C)CCCN2C)c2c1OC(CS[C@@H]1O[C@H](C(=O)O)C(O)[C@H](O)C1O)C2. The zero-order valence-corrected chi connectivity index (χ0v) is 20.6. The van der Waals surface area contributed by atoms with Gasteiger partial charge in [0.1, 0.15) is 29.9 Å². The molecule has 1 aromatic carbocycles. The van der Waals surface area contributed by atoms with E-state index in [0.29, 0.717) is 29.9 Å². The van der Waals surface area contributed by atoms with E-state index in [2.05, 4.69) is 24.9 Å². The summed E-state index contributed by atoms with van der Waals surface area (Å²) in [6, 6.07) is 4.53. The van der Waals surface area contributed by atoms with Gasteiger partial charge in [-0.25, -0.2) is 4.79 Å². The highest BCUT2D eigenvalue weighted by atomic mass is 32.2. The average Bonchev–Trinajstić information content (AvgIpc) is 3.24. The quantitative estimate of drug-likeness (QED) is 0.431. The van der Waals surface area contributed by atoms with E-state index in [0.717, 1.165) is 24.3 Å². The molecule has 190 valence electrons. The lowest BCUT2D eigenvalue weighted by atomic mass is 9.85. The third-order valence-corrected chi connectivity index (χ3v) is 8.62. The Morgan fingerprint density at radius 1 is 1.24 bits per heavy atom. The topological polar surface area (TPSA) is 129 Å². The second-order valence-electron chi connectivity index (χ2n) is 9.62. The molecule has 0 amide bonds. The van der Waals surface area contributed by atoms with Gasteiger partial charge >= 0.3 is 5.97 Å². The first-order valence-corrected chi connectivity index (χ1v) is 12.9. The summed E-state index contributed by atoms with van der Waals surface area (Å²) < 4.78 is 17.2. The Kier molecular flexibility index (Phi) is 7.95. The molecule has 2 fully saturated rings. The molecule has 3 heterocycles. The minimum atomic E-state index is -1.69. The van der Waals surface area contributed by atoms with Crippen LogP contribution in [0.4, 0.5) is 0 Å². The number of fused-ring (bicyclic) bond motifs is 1. The maximum Gasteiger partial charge on any atom is 0.335 e. The number of likely N-dealkylation sites (N-methyl/N-ethyl adjacent to an activating group) is 1. The van der Waals surface area contributed by atoms with Gasteiger partial charge < -0.3 is 39.5 Å². The highest BCUT2D eigenvalue weighted by Crippen LogP contribution is 2.42. The van der Waals surface area contributed by atoms with Crippen LogP contribution in [-0.2, 0) is 22.4 Å². The van der Waals surface area contributed by atoms with Crippen LogP contribution in [-0.4, -0.2) is 99.7 Å². The lowest BCUT2D eigenvalue weighted by Gasteiger charge is -2.38. The van der Waals surface area contributed by atoms with Crippen LogP contribution in [0.5, 0.6) is 11.5 Å². The number of hydrogen-bond acceptors (Lipinski definition) is 9. The zero-order valence-electron chi connectivity index (χ0n) is 19.8. The number of carbonyl (C=O) groups is 1. The van der Waals surface area contributed by atoms with E-state index >= 15 is 0 Å². The molecular weight excluding hydrogens is 462 g/mol. The van der Waals surface area contributed by atoms with Gasteiger partial charge in [-0.15, -0.1) is 11.8 Å². The normalized spacial score (nSPS) is 36.1. The Labute approximate surface area is 204 Å². The van der Waals surface area contributed by atoms with Crippen LogP contribution in [0.1, 0.15) is 30.9 Å². The first kappa shape index (κ1) is 25.5. The summed E-state index contributed by atoms with van der Waals surface area (Å²) in [6.07, 6.45) is -2.48. The molecule has 3 aliphatic heterocycles. The van der Waals surface area contributed by atoms with Gasteiger partial charge in [0.05, 0.1) is 7.11 Å². The molecule has 34 heavy (non-hydrogen) atoms. The van der Waals surface area contributed by atoms with Gasteiger partial charge in [0.25, 0.3) is 0 Å². The van der Waals surface area contributed by atoms with Crippen molar-refractivity contribution in [1.82, 2.24) is 4.90 Å². The summed E-state index contributed by atoms with van der Waals surface area (Å²) in [5.41, 5.74) is 1.37. The minimum Gasteiger partial charge on any atom is -0.493 e. The highest BCUT2D eigenvalue weighted by Gasteiger charge is 2.47. The third kappa shape index (κ3) is 5.03. The minimum absolute atomic E-state index is 0.223. The van der Waals surface area contributed by atoms with Crippen LogP contribution in [0, 0.1) is 5.92 Å². The number of carboxylic acid groups (broad SMARTS) is 1. The summed E-state index contributed by atoms with van der Waals surface area (Å²) in [7, 11) is 3.80. The Bertz CT molecular complexity index is 875. The fourth-order valence-electron chi connectivity index (χ4n) is 5.31. The largest absolute Gasteiger partial charge is 0.493 e. The number of nitrogens with zero attached hydrogens (tertiary/aromatic N) is 1. The number of thioether (sulfide) groups is 1. The van der Waals surface area contributed by atoms with Gasteiger partial charge in [0.15, 0.2) is 17.6 Å². The fourth-order valence-corrected chi connectivity index (χ4v) is 6.46. The van der Waals surface area contributed by atoms with Gasteiger partial charge in [0.2, 0.25) is 0 Å². The zero-order chi connectivity index (χ0) is 24.6. The molecule has 9 nitrogen and oxygen atoms in total. The first-order valence-electron chi connectivity index (χ1n) is 11.8. The second kappa shape index (κ2) is 10.6. The van der Waals surface area contributed by atoms with Crippen LogP contribution in [0.15, 0.2) is 12.1 Å². The molecule has 0 radical (unpaired) electrons. The smallest absolute Gasteiger partial charge is 0.335 e. The average molecular weight is 498 g/mol. The molecule has 0 aliphatic carbocycles.